The number of nitrogens with zero attached hydrogens (tertiary/aromatic N) is 1. The summed E-state index contributed by atoms with van der Waals surface area (Å²) in [5.41, 5.74) is 0.449. The van der Waals surface area contributed by atoms with E-state index in [1.807, 2.05) is 12.1 Å². The molecule has 1 atom stereocenters. The molecule has 19 heavy (non-hydrogen) atoms. The van der Waals surface area contributed by atoms with Crippen LogP contribution >= 0.6 is 0 Å². The van der Waals surface area contributed by atoms with Gasteiger partial charge >= 0.3 is 5.97 Å². The third-order valence-corrected chi connectivity index (χ3v) is 2.84. The fraction of sp³-hybridized carbons (Fsp3) is 0.500. The standard InChI is InChI=1S/C14H20N2O3/c1-14(2,3)11(13(18)19)12(17)16-9-6-10-4-7-15-8-5-10/h4-5,7-8,11H,6,9H2,1-3H3,(H,16,17)(H,18,19). The molecule has 0 aromatic carbocycles. The third-order valence-electron chi connectivity index (χ3n) is 2.84. The van der Waals surface area contributed by atoms with Gasteiger partial charge in [0.25, 0.3) is 0 Å². The Kier molecular flexibility index (Phi) is 5.03. The van der Waals surface area contributed by atoms with E-state index in [0.717, 1.165) is 5.56 Å². The molecule has 2 N–H and O–H groups in total. The summed E-state index contributed by atoms with van der Waals surface area (Å²) >= 11 is 0. The number of carboxylic acids is 1. The van der Waals surface area contributed by atoms with Crippen LogP contribution < -0.4 is 5.32 Å². The molecule has 1 rings (SSSR count). The molecular formula is C14H20N2O3. The van der Waals surface area contributed by atoms with E-state index in [4.69, 9.17) is 5.11 Å². The second-order valence-electron chi connectivity index (χ2n) is 5.53. The predicted molar refractivity (Wildman–Crippen MR) is 71.5 cm³/mol. The van der Waals surface area contributed by atoms with Crippen LogP contribution in [0, 0.1) is 11.3 Å². The zero-order valence-electron chi connectivity index (χ0n) is 11.5. The molecule has 0 spiro atoms. The van der Waals surface area contributed by atoms with E-state index in [0.29, 0.717) is 13.0 Å². The number of aliphatic carboxylic acids is 1. The third kappa shape index (κ3) is 4.69. The van der Waals surface area contributed by atoms with Crippen LogP contribution in [-0.2, 0) is 16.0 Å². The van der Waals surface area contributed by atoms with E-state index in [-0.39, 0.29) is 0 Å². The average molecular weight is 264 g/mol. The minimum absolute atomic E-state index is 0.419. The van der Waals surface area contributed by atoms with E-state index >= 15 is 0 Å². The molecule has 5 heteroatoms. The molecular weight excluding hydrogens is 244 g/mol. The van der Waals surface area contributed by atoms with Gasteiger partial charge in [-0.1, -0.05) is 20.8 Å². The first kappa shape index (κ1) is 15.1. The predicted octanol–water partition coefficient (Wildman–Crippen LogP) is 1.49. The molecule has 1 aromatic heterocycles. The molecule has 1 unspecified atom stereocenters. The number of hydrogen-bond donors (Lipinski definition) is 2. The highest BCUT2D eigenvalue weighted by molar-refractivity contribution is 5.97. The van der Waals surface area contributed by atoms with Crippen molar-refractivity contribution in [3.8, 4) is 0 Å². The van der Waals surface area contributed by atoms with Gasteiger partial charge in [0.05, 0.1) is 0 Å². The molecule has 0 aliphatic rings. The molecule has 5 nitrogen and oxygen atoms in total. The smallest absolute Gasteiger partial charge is 0.316 e. The fourth-order valence-electron chi connectivity index (χ4n) is 1.86. The molecule has 0 radical (unpaired) electrons. The lowest BCUT2D eigenvalue weighted by Gasteiger charge is -2.25. The largest absolute Gasteiger partial charge is 0.481 e. The van der Waals surface area contributed by atoms with Crippen LogP contribution in [0.25, 0.3) is 0 Å². The lowest BCUT2D eigenvalue weighted by molar-refractivity contribution is -0.151. The average Bonchev–Trinajstić information content (AvgIpc) is 2.27. The minimum Gasteiger partial charge on any atom is -0.481 e. The van der Waals surface area contributed by atoms with Crippen LogP contribution in [0.2, 0.25) is 0 Å². The summed E-state index contributed by atoms with van der Waals surface area (Å²) in [6.45, 7) is 5.65. The first-order chi connectivity index (χ1) is 8.82. The zero-order valence-corrected chi connectivity index (χ0v) is 11.5. The van der Waals surface area contributed by atoms with Gasteiger partial charge in [-0.15, -0.1) is 0 Å². The van der Waals surface area contributed by atoms with Crippen molar-refractivity contribution in [2.45, 2.75) is 27.2 Å². The SMILES string of the molecule is CC(C)(C)C(C(=O)O)C(=O)NCCc1ccncc1. The van der Waals surface area contributed by atoms with Gasteiger partial charge in [0, 0.05) is 18.9 Å². The Hall–Kier alpha value is -1.91. The number of hydrogen-bond acceptors (Lipinski definition) is 3. The Bertz CT molecular complexity index is 438. The Morgan fingerprint density at radius 3 is 2.37 bits per heavy atom. The number of carbonyl (C=O) groups is 2. The molecule has 1 amide bonds. The van der Waals surface area contributed by atoms with Gasteiger partial charge in [0.15, 0.2) is 0 Å². The maximum Gasteiger partial charge on any atom is 0.316 e. The molecule has 1 aromatic rings. The molecule has 0 bridgehead atoms. The fourth-order valence-corrected chi connectivity index (χ4v) is 1.86. The number of pyridine rings is 1. The van der Waals surface area contributed by atoms with Crippen molar-refractivity contribution in [2.24, 2.45) is 11.3 Å². The molecule has 0 aliphatic heterocycles. The lowest BCUT2D eigenvalue weighted by Crippen LogP contribution is -2.43. The summed E-state index contributed by atoms with van der Waals surface area (Å²) in [6.07, 6.45) is 4.03. The van der Waals surface area contributed by atoms with Gasteiger partial charge in [-0.3, -0.25) is 14.6 Å². The van der Waals surface area contributed by atoms with Gasteiger partial charge in [-0.25, -0.2) is 0 Å². The molecule has 104 valence electrons. The zero-order chi connectivity index (χ0) is 14.5. The number of aromatic nitrogens is 1. The van der Waals surface area contributed by atoms with Crippen LogP contribution in [-0.4, -0.2) is 28.5 Å². The highest BCUT2D eigenvalue weighted by Crippen LogP contribution is 2.26. The highest BCUT2D eigenvalue weighted by Gasteiger charge is 2.37. The van der Waals surface area contributed by atoms with Crippen LogP contribution in [0.5, 0.6) is 0 Å². The quantitative estimate of drug-likeness (QED) is 0.790. The van der Waals surface area contributed by atoms with Crippen molar-refractivity contribution in [1.82, 2.24) is 10.3 Å². The molecule has 0 saturated heterocycles. The summed E-state index contributed by atoms with van der Waals surface area (Å²) in [5.74, 6) is -2.56. The van der Waals surface area contributed by atoms with Crippen molar-refractivity contribution < 1.29 is 14.7 Å². The van der Waals surface area contributed by atoms with Crippen LogP contribution in [0.1, 0.15) is 26.3 Å². The van der Waals surface area contributed by atoms with Crippen LogP contribution in [0.3, 0.4) is 0 Å². The van der Waals surface area contributed by atoms with E-state index in [1.54, 1.807) is 33.2 Å². The normalized spacial score (nSPS) is 12.8. The summed E-state index contributed by atoms with van der Waals surface area (Å²) < 4.78 is 0. The van der Waals surface area contributed by atoms with E-state index in [9.17, 15) is 9.59 Å². The number of rotatable bonds is 5. The Morgan fingerprint density at radius 1 is 1.32 bits per heavy atom. The summed E-state index contributed by atoms with van der Waals surface area (Å²) in [7, 11) is 0. The lowest BCUT2D eigenvalue weighted by atomic mass is 9.80. The minimum atomic E-state index is -1.09. The van der Waals surface area contributed by atoms with Crippen molar-refractivity contribution in [3.63, 3.8) is 0 Å². The Labute approximate surface area is 113 Å². The first-order valence-electron chi connectivity index (χ1n) is 6.22. The van der Waals surface area contributed by atoms with Crippen molar-refractivity contribution in [2.75, 3.05) is 6.54 Å². The number of carbonyl (C=O) groups excluding carboxylic acids is 1. The number of carboxylic acid groups (broad SMARTS) is 1. The monoisotopic (exact) mass is 264 g/mol. The van der Waals surface area contributed by atoms with Crippen LogP contribution in [0.4, 0.5) is 0 Å². The molecule has 0 aliphatic carbocycles. The number of nitrogens with one attached hydrogen (secondary N) is 1. The van der Waals surface area contributed by atoms with Crippen molar-refractivity contribution >= 4 is 11.9 Å². The molecule has 0 saturated carbocycles. The second-order valence-corrected chi connectivity index (χ2v) is 5.53. The van der Waals surface area contributed by atoms with E-state index in [1.165, 1.54) is 0 Å². The van der Waals surface area contributed by atoms with Gasteiger partial charge in [0.1, 0.15) is 5.92 Å². The van der Waals surface area contributed by atoms with Crippen molar-refractivity contribution in [1.29, 1.82) is 0 Å². The summed E-state index contributed by atoms with van der Waals surface area (Å²) in [4.78, 5) is 27.0. The van der Waals surface area contributed by atoms with E-state index in [2.05, 4.69) is 10.3 Å². The van der Waals surface area contributed by atoms with Gasteiger partial charge < -0.3 is 10.4 Å². The summed E-state index contributed by atoms with van der Waals surface area (Å²) in [6, 6.07) is 3.73. The molecule has 1 heterocycles. The topological polar surface area (TPSA) is 79.3 Å². The molecule has 0 fully saturated rings. The summed E-state index contributed by atoms with van der Waals surface area (Å²) in [5, 5.41) is 11.8. The second kappa shape index (κ2) is 6.31. The van der Waals surface area contributed by atoms with Crippen molar-refractivity contribution in [3.05, 3.63) is 30.1 Å². The highest BCUT2D eigenvalue weighted by atomic mass is 16.4. The first-order valence-corrected chi connectivity index (χ1v) is 6.22. The maximum absolute atomic E-state index is 11.9. The van der Waals surface area contributed by atoms with Gasteiger partial charge in [0.2, 0.25) is 5.91 Å². The van der Waals surface area contributed by atoms with E-state index < -0.39 is 23.2 Å². The number of amides is 1. The van der Waals surface area contributed by atoms with Gasteiger partial charge in [-0.2, -0.15) is 0 Å². The Morgan fingerprint density at radius 2 is 1.89 bits per heavy atom. The maximum atomic E-state index is 11.9. The van der Waals surface area contributed by atoms with Gasteiger partial charge in [-0.05, 0) is 29.5 Å². The Balaban J connectivity index is 2.52. The van der Waals surface area contributed by atoms with Crippen LogP contribution in [0.15, 0.2) is 24.5 Å².